The van der Waals surface area contributed by atoms with Crippen LogP contribution < -0.4 is 0 Å². The zero-order valence-electron chi connectivity index (χ0n) is 6.09. The van der Waals surface area contributed by atoms with Gasteiger partial charge in [0.25, 0.3) is 0 Å². The van der Waals surface area contributed by atoms with Gasteiger partial charge in [0, 0.05) is 0 Å². The Bertz CT molecular complexity index is 112. The van der Waals surface area contributed by atoms with Crippen LogP contribution in [0.15, 0.2) is 24.3 Å². The van der Waals surface area contributed by atoms with Crippen molar-refractivity contribution in [2.24, 2.45) is 0 Å². The second kappa shape index (κ2) is 4.33. The van der Waals surface area contributed by atoms with E-state index in [0.29, 0.717) is 0 Å². The van der Waals surface area contributed by atoms with Crippen LogP contribution in [-0.4, -0.2) is 11.2 Å². The van der Waals surface area contributed by atoms with Crippen molar-refractivity contribution < 1.29 is 5.11 Å². The summed E-state index contributed by atoms with van der Waals surface area (Å²) < 4.78 is 0. The van der Waals surface area contributed by atoms with Crippen molar-refractivity contribution in [3.63, 3.8) is 0 Å². The third-order valence-electron chi connectivity index (χ3n) is 1.02. The first-order chi connectivity index (χ1) is 4.16. The molecule has 52 valence electrons. The van der Waals surface area contributed by atoms with E-state index in [1.807, 2.05) is 13.0 Å². The molecule has 0 heterocycles. The zero-order chi connectivity index (χ0) is 7.28. The maximum absolute atomic E-state index is 8.87. The Kier molecular flexibility index (Phi) is 4.06. The predicted molar refractivity (Wildman–Crippen MR) is 40.3 cm³/mol. The molecule has 0 saturated carbocycles. The maximum Gasteiger partial charge on any atom is 0.0549 e. The van der Waals surface area contributed by atoms with Gasteiger partial charge in [0.15, 0.2) is 0 Å². The van der Waals surface area contributed by atoms with Crippen molar-refractivity contribution >= 4 is 0 Å². The van der Waals surface area contributed by atoms with Gasteiger partial charge >= 0.3 is 0 Å². The Morgan fingerprint density at radius 1 is 1.78 bits per heavy atom. The minimum atomic E-state index is -0.235. The Hall–Kier alpha value is -0.560. The Morgan fingerprint density at radius 2 is 2.33 bits per heavy atom. The first kappa shape index (κ1) is 8.44. The van der Waals surface area contributed by atoms with Crippen LogP contribution in [0.3, 0.4) is 0 Å². The van der Waals surface area contributed by atoms with Gasteiger partial charge in [-0.15, -0.1) is 0 Å². The highest BCUT2D eigenvalue weighted by Gasteiger charge is 1.94. The molecule has 0 aliphatic heterocycles. The summed E-state index contributed by atoms with van der Waals surface area (Å²) in [7, 11) is 0. The van der Waals surface area contributed by atoms with Gasteiger partial charge in [-0.25, -0.2) is 0 Å². The lowest BCUT2D eigenvalue weighted by Crippen LogP contribution is -1.98. The molecular formula is C8H14O. The highest BCUT2D eigenvalue weighted by molar-refractivity contribution is 5.08. The quantitative estimate of drug-likeness (QED) is 0.572. The van der Waals surface area contributed by atoms with Gasteiger partial charge in [0.1, 0.15) is 0 Å². The smallest absolute Gasteiger partial charge is 0.0549 e. The Balaban J connectivity index is 3.61. The molecule has 1 N–H and O–H groups in total. The molecule has 0 aromatic heterocycles. The number of hydrogen-bond acceptors (Lipinski definition) is 1. The lowest BCUT2D eigenvalue weighted by molar-refractivity contribution is 0.195. The summed E-state index contributed by atoms with van der Waals surface area (Å²) in [6.45, 7) is 7.31. The van der Waals surface area contributed by atoms with Gasteiger partial charge in [-0.1, -0.05) is 24.3 Å². The lowest BCUT2D eigenvalue weighted by Gasteiger charge is -2.01. The summed E-state index contributed by atoms with van der Waals surface area (Å²) in [5.74, 6) is 0. The number of rotatable bonds is 3. The first-order valence-electron chi connectivity index (χ1n) is 3.13. The summed E-state index contributed by atoms with van der Waals surface area (Å²) in [6, 6.07) is 0. The molecule has 0 rings (SSSR count). The third kappa shape index (κ3) is 5.31. The van der Waals surface area contributed by atoms with Crippen LogP contribution in [0.4, 0.5) is 0 Å². The summed E-state index contributed by atoms with van der Waals surface area (Å²) in [5, 5.41) is 8.87. The molecule has 0 saturated heterocycles. The fourth-order valence-electron chi connectivity index (χ4n) is 0.735. The molecule has 1 unspecified atom stereocenters. The van der Waals surface area contributed by atoms with Gasteiger partial charge in [0.05, 0.1) is 6.10 Å². The molecule has 0 fully saturated rings. The zero-order valence-corrected chi connectivity index (χ0v) is 6.09. The van der Waals surface area contributed by atoms with Crippen molar-refractivity contribution in [2.75, 3.05) is 0 Å². The van der Waals surface area contributed by atoms with Gasteiger partial charge in [0.2, 0.25) is 0 Å². The van der Waals surface area contributed by atoms with Crippen LogP contribution >= 0.6 is 0 Å². The molecule has 1 nitrogen and oxygen atoms in total. The van der Waals surface area contributed by atoms with Gasteiger partial charge in [-0.3, -0.25) is 0 Å². The van der Waals surface area contributed by atoms with E-state index in [4.69, 9.17) is 5.11 Å². The van der Waals surface area contributed by atoms with E-state index in [1.165, 1.54) is 5.57 Å². The van der Waals surface area contributed by atoms with E-state index in [0.717, 1.165) is 6.42 Å². The van der Waals surface area contributed by atoms with Crippen LogP contribution in [0.2, 0.25) is 0 Å². The van der Waals surface area contributed by atoms with E-state index in [-0.39, 0.29) is 6.10 Å². The first-order valence-corrected chi connectivity index (χ1v) is 3.13. The molecular weight excluding hydrogens is 112 g/mol. The molecule has 0 aliphatic rings. The van der Waals surface area contributed by atoms with Gasteiger partial charge < -0.3 is 5.11 Å². The Morgan fingerprint density at radius 3 is 2.67 bits per heavy atom. The lowest BCUT2D eigenvalue weighted by atomic mass is 10.1. The fraction of sp³-hybridized carbons (Fsp3) is 0.500. The predicted octanol–water partition coefficient (Wildman–Crippen LogP) is 1.89. The van der Waals surface area contributed by atoms with E-state index in [1.54, 1.807) is 13.0 Å². The highest BCUT2D eigenvalue weighted by atomic mass is 16.3. The van der Waals surface area contributed by atoms with Gasteiger partial charge in [-0.2, -0.15) is 0 Å². The van der Waals surface area contributed by atoms with Crippen molar-refractivity contribution in [3.05, 3.63) is 24.3 Å². The molecule has 1 atom stereocenters. The van der Waals surface area contributed by atoms with E-state index < -0.39 is 0 Å². The molecule has 0 aromatic carbocycles. The minimum Gasteiger partial charge on any atom is -0.393 e. The van der Waals surface area contributed by atoms with Crippen LogP contribution in [0.5, 0.6) is 0 Å². The minimum absolute atomic E-state index is 0.235. The number of allylic oxidation sites excluding steroid dienone is 2. The van der Waals surface area contributed by atoms with E-state index in [9.17, 15) is 0 Å². The second-order valence-corrected chi connectivity index (χ2v) is 2.30. The average Bonchev–Trinajstić information content (AvgIpc) is 1.63. The molecule has 0 aromatic rings. The summed E-state index contributed by atoms with van der Waals surface area (Å²) >= 11 is 0. The summed E-state index contributed by atoms with van der Waals surface area (Å²) in [5.41, 5.74) is 1.17. The molecule has 0 spiro atoms. The van der Waals surface area contributed by atoms with Crippen molar-refractivity contribution in [2.45, 2.75) is 26.4 Å². The molecule has 1 heteroatoms. The van der Waals surface area contributed by atoms with Crippen LogP contribution in [0, 0.1) is 0 Å². The summed E-state index contributed by atoms with van der Waals surface area (Å²) in [4.78, 5) is 0. The topological polar surface area (TPSA) is 20.2 Å². The van der Waals surface area contributed by atoms with E-state index in [2.05, 4.69) is 6.58 Å². The average molecular weight is 126 g/mol. The fourth-order valence-corrected chi connectivity index (χ4v) is 0.735. The molecule has 0 aliphatic carbocycles. The van der Waals surface area contributed by atoms with E-state index >= 15 is 0 Å². The number of aliphatic hydroxyl groups excluding tert-OH is 1. The molecule has 0 radical (unpaired) electrons. The number of hydrogen-bond donors (Lipinski definition) is 1. The van der Waals surface area contributed by atoms with Gasteiger partial charge in [-0.05, 0) is 20.3 Å². The van der Waals surface area contributed by atoms with Crippen LogP contribution in [0.1, 0.15) is 20.3 Å². The molecule has 9 heavy (non-hydrogen) atoms. The second-order valence-electron chi connectivity index (χ2n) is 2.30. The maximum atomic E-state index is 8.87. The van der Waals surface area contributed by atoms with Crippen molar-refractivity contribution in [1.29, 1.82) is 0 Å². The number of aliphatic hydroxyl groups is 1. The Labute approximate surface area is 56.7 Å². The standard InChI is InChI=1S/C8H14O/c1-4-5-7(2)6-8(3)9/h4-5,8-9H,1,6H2,2-3H3/b7-5+. The normalized spacial score (nSPS) is 15.2. The van der Waals surface area contributed by atoms with Crippen LogP contribution in [-0.2, 0) is 0 Å². The monoisotopic (exact) mass is 126 g/mol. The summed E-state index contributed by atoms with van der Waals surface area (Å²) in [6.07, 6.45) is 4.15. The third-order valence-corrected chi connectivity index (χ3v) is 1.02. The van der Waals surface area contributed by atoms with Crippen LogP contribution in [0.25, 0.3) is 0 Å². The molecule has 0 bridgehead atoms. The highest BCUT2D eigenvalue weighted by Crippen LogP contribution is 2.02. The van der Waals surface area contributed by atoms with Crippen molar-refractivity contribution in [3.8, 4) is 0 Å². The SMILES string of the molecule is C=C/C=C(\C)CC(C)O. The molecule has 0 amide bonds. The largest absolute Gasteiger partial charge is 0.393 e. The van der Waals surface area contributed by atoms with Crippen molar-refractivity contribution in [1.82, 2.24) is 0 Å².